The molecule has 0 heterocycles. The fourth-order valence-corrected chi connectivity index (χ4v) is 1.03. The number of halogens is 3. The van der Waals surface area contributed by atoms with Crippen molar-refractivity contribution in [3.05, 3.63) is 0 Å². The van der Waals surface area contributed by atoms with Crippen molar-refractivity contribution in [3.63, 3.8) is 0 Å². The van der Waals surface area contributed by atoms with Crippen LogP contribution in [0.1, 0.15) is 0 Å². The summed E-state index contributed by atoms with van der Waals surface area (Å²) >= 11 is 0. The van der Waals surface area contributed by atoms with Gasteiger partial charge in [-0.1, -0.05) is 0 Å². The number of methoxy groups -OCH3 is 1. The van der Waals surface area contributed by atoms with Crippen LogP contribution < -0.4 is 5.73 Å². The van der Waals surface area contributed by atoms with Gasteiger partial charge in [-0.15, -0.1) is 0 Å². The molecule has 0 rings (SSSR count). The molecule has 0 aliphatic heterocycles. The van der Waals surface area contributed by atoms with E-state index in [1.54, 1.807) is 11.9 Å². The third-order valence-corrected chi connectivity index (χ3v) is 1.96. The van der Waals surface area contributed by atoms with Crippen molar-refractivity contribution >= 4 is 0 Å². The first kappa shape index (κ1) is 13.7. The molecule has 14 heavy (non-hydrogen) atoms. The van der Waals surface area contributed by atoms with Crippen molar-refractivity contribution in [3.8, 4) is 0 Å². The summed E-state index contributed by atoms with van der Waals surface area (Å²) in [6.07, 6.45) is -4.21. The highest BCUT2D eigenvalue weighted by Crippen LogP contribution is 2.25. The Bertz CT molecular complexity index is 152. The maximum absolute atomic E-state index is 12.3. The summed E-state index contributed by atoms with van der Waals surface area (Å²) in [4.78, 5) is 1.56. The van der Waals surface area contributed by atoms with Gasteiger partial charge in [0, 0.05) is 26.7 Å². The zero-order valence-corrected chi connectivity index (χ0v) is 8.47. The fraction of sp³-hybridized carbons (Fsp3) is 1.00. The molecule has 0 aromatic heterocycles. The average Bonchev–Trinajstić information content (AvgIpc) is 2.08. The van der Waals surface area contributed by atoms with Gasteiger partial charge in [0.25, 0.3) is 0 Å². The molecule has 1 unspecified atom stereocenters. The van der Waals surface area contributed by atoms with Crippen molar-refractivity contribution in [2.45, 2.75) is 6.18 Å². The molecule has 0 saturated heterocycles. The predicted octanol–water partition coefficient (Wildman–Crippen LogP) is 0.702. The van der Waals surface area contributed by atoms with Gasteiger partial charge in [-0.3, -0.25) is 0 Å². The summed E-state index contributed by atoms with van der Waals surface area (Å²) < 4.78 is 41.6. The van der Waals surface area contributed by atoms with Crippen molar-refractivity contribution in [2.75, 3.05) is 40.4 Å². The maximum Gasteiger partial charge on any atom is 0.394 e. The third kappa shape index (κ3) is 5.41. The second-order valence-electron chi connectivity index (χ2n) is 3.23. The Balaban J connectivity index is 3.93. The molecule has 0 aromatic rings. The molecule has 2 N–H and O–H groups in total. The molecular formula is C8H17F3N2O. The van der Waals surface area contributed by atoms with Crippen LogP contribution in [0.5, 0.6) is 0 Å². The van der Waals surface area contributed by atoms with Gasteiger partial charge >= 0.3 is 6.18 Å². The maximum atomic E-state index is 12.3. The minimum atomic E-state index is -4.21. The summed E-state index contributed by atoms with van der Waals surface area (Å²) in [5.41, 5.74) is 5.06. The standard InChI is InChI=1S/C8H17F3N2O/c1-13(3-4-14-2)6-7(5-12)8(9,10)11/h7H,3-6,12H2,1-2H3. The predicted molar refractivity (Wildman–Crippen MR) is 48.0 cm³/mol. The molecule has 86 valence electrons. The van der Waals surface area contributed by atoms with E-state index >= 15 is 0 Å². The molecular weight excluding hydrogens is 197 g/mol. The average molecular weight is 214 g/mol. The van der Waals surface area contributed by atoms with Crippen LogP contribution in [0.3, 0.4) is 0 Å². The van der Waals surface area contributed by atoms with Crippen molar-refractivity contribution in [1.82, 2.24) is 4.90 Å². The van der Waals surface area contributed by atoms with E-state index < -0.39 is 12.1 Å². The third-order valence-electron chi connectivity index (χ3n) is 1.96. The molecule has 0 aliphatic carbocycles. The Kier molecular flexibility index (Phi) is 6.06. The highest BCUT2D eigenvalue weighted by Gasteiger charge is 2.38. The number of hydrogen-bond donors (Lipinski definition) is 1. The summed E-state index contributed by atoms with van der Waals surface area (Å²) in [5, 5.41) is 0. The first-order valence-corrected chi connectivity index (χ1v) is 4.36. The number of ether oxygens (including phenoxy) is 1. The monoisotopic (exact) mass is 214 g/mol. The fourth-order valence-electron chi connectivity index (χ4n) is 1.03. The van der Waals surface area contributed by atoms with E-state index in [0.29, 0.717) is 13.2 Å². The molecule has 6 heteroatoms. The number of nitrogens with two attached hydrogens (primary N) is 1. The SMILES string of the molecule is COCCN(C)CC(CN)C(F)(F)F. The van der Waals surface area contributed by atoms with Gasteiger partial charge in [0.2, 0.25) is 0 Å². The highest BCUT2D eigenvalue weighted by molar-refractivity contribution is 4.71. The molecule has 3 nitrogen and oxygen atoms in total. The Morgan fingerprint density at radius 1 is 1.43 bits per heavy atom. The van der Waals surface area contributed by atoms with Crippen LogP contribution in [0.4, 0.5) is 13.2 Å². The van der Waals surface area contributed by atoms with Crippen molar-refractivity contribution in [1.29, 1.82) is 0 Å². The normalized spacial score (nSPS) is 14.8. The zero-order valence-electron chi connectivity index (χ0n) is 8.47. The van der Waals surface area contributed by atoms with Crippen molar-refractivity contribution < 1.29 is 17.9 Å². The van der Waals surface area contributed by atoms with Gasteiger partial charge in [0.1, 0.15) is 0 Å². The molecule has 0 aliphatic rings. The lowest BCUT2D eigenvalue weighted by molar-refractivity contribution is -0.175. The Labute approximate surface area is 82.0 Å². The Morgan fingerprint density at radius 2 is 2.00 bits per heavy atom. The minimum Gasteiger partial charge on any atom is -0.383 e. The molecule has 0 fully saturated rings. The van der Waals surface area contributed by atoms with Crippen LogP contribution in [-0.4, -0.2) is 51.5 Å². The second-order valence-corrected chi connectivity index (χ2v) is 3.23. The van der Waals surface area contributed by atoms with Crippen LogP contribution in [0.2, 0.25) is 0 Å². The van der Waals surface area contributed by atoms with E-state index in [0.717, 1.165) is 0 Å². The van der Waals surface area contributed by atoms with Crippen LogP contribution in [0, 0.1) is 5.92 Å². The van der Waals surface area contributed by atoms with E-state index in [2.05, 4.69) is 0 Å². The van der Waals surface area contributed by atoms with Crippen LogP contribution in [-0.2, 0) is 4.74 Å². The van der Waals surface area contributed by atoms with E-state index in [9.17, 15) is 13.2 Å². The number of nitrogens with zero attached hydrogens (tertiary/aromatic N) is 1. The molecule has 1 atom stereocenters. The van der Waals surface area contributed by atoms with Gasteiger partial charge in [-0.25, -0.2) is 0 Å². The molecule has 0 bridgehead atoms. The van der Waals surface area contributed by atoms with E-state index in [1.807, 2.05) is 0 Å². The molecule has 0 amide bonds. The van der Waals surface area contributed by atoms with Gasteiger partial charge < -0.3 is 15.4 Å². The number of likely N-dealkylation sites (N-methyl/N-ethyl adjacent to an activating group) is 1. The minimum absolute atomic E-state index is 0.0800. The van der Waals surface area contributed by atoms with Gasteiger partial charge in [-0.05, 0) is 7.05 Å². The summed E-state index contributed by atoms with van der Waals surface area (Å²) in [6.45, 7) is 0.443. The zero-order chi connectivity index (χ0) is 11.2. The molecule has 0 aromatic carbocycles. The molecule has 0 radical (unpaired) electrons. The van der Waals surface area contributed by atoms with E-state index in [4.69, 9.17) is 10.5 Å². The number of alkyl halides is 3. The Morgan fingerprint density at radius 3 is 2.36 bits per heavy atom. The van der Waals surface area contributed by atoms with Gasteiger partial charge in [0.15, 0.2) is 0 Å². The summed E-state index contributed by atoms with van der Waals surface area (Å²) in [7, 11) is 3.13. The van der Waals surface area contributed by atoms with Gasteiger partial charge in [-0.2, -0.15) is 13.2 Å². The van der Waals surface area contributed by atoms with Crippen molar-refractivity contribution in [2.24, 2.45) is 11.7 Å². The van der Waals surface area contributed by atoms with E-state index in [-0.39, 0.29) is 13.1 Å². The molecule has 0 saturated carbocycles. The van der Waals surface area contributed by atoms with Crippen LogP contribution in [0.15, 0.2) is 0 Å². The Hall–Kier alpha value is -0.330. The second kappa shape index (κ2) is 6.21. The van der Waals surface area contributed by atoms with E-state index in [1.165, 1.54) is 7.11 Å². The molecule has 0 spiro atoms. The smallest absolute Gasteiger partial charge is 0.383 e. The summed E-state index contributed by atoms with van der Waals surface area (Å²) in [5.74, 6) is -1.45. The number of hydrogen-bond acceptors (Lipinski definition) is 3. The highest BCUT2D eigenvalue weighted by atomic mass is 19.4. The van der Waals surface area contributed by atoms with Crippen LogP contribution >= 0.6 is 0 Å². The topological polar surface area (TPSA) is 38.5 Å². The first-order chi connectivity index (χ1) is 6.41. The number of rotatable bonds is 6. The lowest BCUT2D eigenvalue weighted by Crippen LogP contribution is -2.40. The largest absolute Gasteiger partial charge is 0.394 e. The quantitative estimate of drug-likeness (QED) is 0.707. The van der Waals surface area contributed by atoms with Crippen LogP contribution in [0.25, 0.3) is 0 Å². The summed E-state index contributed by atoms with van der Waals surface area (Å²) in [6, 6.07) is 0. The lowest BCUT2D eigenvalue weighted by Gasteiger charge is -2.24. The lowest BCUT2D eigenvalue weighted by atomic mass is 10.1. The van der Waals surface area contributed by atoms with Gasteiger partial charge in [0.05, 0.1) is 12.5 Å². The first-order valence-electron chi connectivity index (χ1n) is 4.36.